The Hall–Kier alpha value is -2.19. The van der Waals surface area contributed by atoms with Crippen LogP contribution >= 0.6 is 0 Å². The maximum atomic E-state index is 14.3. The number of aromatic nitrogens is 1. The predicted octanol–water partition coefficient (Wildman–Crippen LogP) is 3.00. The first-order chi connectivity index (χ1) is 9.63. The summed E-state index contributed by atoms with van der Waals surface area (Å²) in [6.07, 6.45) is 2.66. The smallest absolute Gasteiger partial charge is 0.167 e. The number of benzene rings is 1. The Bertz CT molecular complexity index is 766. The Morgan fingerprint density at radius 3 is 2.80 bits per heavy atom. The van der Waals surface area contributed by atoms with Crippen LogP contribution in [0, 0.1) is 29.9 Å². The van der Waals surface area contributed by atoms with E-state index in [1.807, 2.05) is 6.08 Å². The molecule has 0 amide bonds. The van der Waals surface area contributed by atoms with Crippen molar-refractivity contribution in [1.29, 1.82) is 5.26 Å². The second-order valence-electron chi connectivity index (χ2n) is 4.90. The first kappa shape index (κ1) is 12.8. The fourth-order valence-corrected chi connectivity index (χ4v) is 2.71. The zero-order valence-electron chi connectivity index (χ0n) is 11.0. The SMILES string of the molecule is Cc1[nH]c2cc(F)c(F)c(C3=CCCNC3)c2c1C#N. The molecule has 2 heterocycles. The number of nitrogens with one attached hydrogen (secondary N) is 2. The van der Waals surface area contributed by atoms with Gasteiger partial charge < -0.3 is 10.3 Å². The van der Waals surface area contributed by atoms with E-state index in [2.05, 4.69) is 16.4 Å². The molecule has 0 aliphatic carbocycles. The third kappa shape index (κ3) is 1.81. The van der Waals surface area contributed by atoms with Crippen LogP contribution in [0.25, 0.3) is 16.5 Å². The Labute approximate surface area is 114 Å². The molecule has 0 saturated carbocycles. The zero-order chi connectivity index (χ0) is 14.3. The van der Waals surface area contributed by atoms with E-state index in [9.17, 15) is 14.0 Å². The molecule has 1 aromatic heterocycles. The monoisotopic (exact) mass is 273 g/mol. The van der Waals surface area contributed by atoms with Gasteiger partial charge in [-0.25, -0.2) is 8.78 Å². The number of halogens is 2. The Morgan fingerprint density at radius 1 is 1.35 bits per heavy atom. The quantitative estimate of drug-likeness (QED) is 0.839. The topological polar surface area (TPSA) is 51.6 Å². The summed E-state index contributed by atoms with van der Waals surface area (Å²) in [5.41, 5.74) is 2.36. The maximum absolute atomic E-state index is 14.3. The summed E-state index contributed by atoms with van der Waals surface area (Å²) in [6.45, 7) is 3.02. The van der Waals surface area contributed by atoms with E-state index in [-0.39, 0.29) is 5.56 Å². The molecule has 5 heteroatoms. The number of fused-ring (bicyclic) bond motifs is 1. The van der Waals surface area contributed by atoms with Crippen molar-refractivity contribution in [2.75, 3.05) is 13.1 Å². The molecule has 1 aromatic carbocycles. The van der Waals surface area contributed by atoms with Crippen LogP contribution in [0.4, 0.5) is 8.78 Å². The summed E-state index contributed by atoms with van der Waals surface area (Å²) >= 11 is 0. The molecule has 2 aromatic rings. The van der Waals surface area contributed by atoms with E-state index in [4.69, 9.17) is 0 Å². The van der Waals surface area contributed by atoms with Gasteiger partial charge in [-0.15, -0.1) is 0 Å². The molecule has 0 atom stereocenters. The minimum absolute atomic E-state index is 0.202. The number of hydrogen-bond acceptors (Lipinski definition) is 2. The number of nitrogens with zero attached hydrogens (tertiary/aromatic N) is 1. The molecule has 0 radical (unpaired) electrons. The van der Waals surface area contributed by atoms with Crippen LogP contribution in [0.5, 0.6) is 0 Å². The first-order valence-corrected chi connectivity index (χ1v) is 6.44. The Balaban J connectivity index is 2.41. The summed E-state index contributed by atoms with van der Waals surface area (Å²) < 4.78 is 28.1. The van der Waals surface area contributed by atoms with E-state index in [0.29, 0.717) is 34.3 Å². The van der Waals surface area contributed by atoms with Gasteiger partial charge in [0.2, 0.25) is 0 Å². The summed E-state index contributed by atoms with van der Waals surface area (Å²) in [7, 11) is 0. The number of hydrogen-bond donors (Lipinski definition) is 2. The maximum Gasteiger partial charge on any atom is 0.167 e. The fourth-order valence-electron chi connectivity index (χ4n) is 2.71. The summed E-state index contributed by atoms with van der Waals surface area (Å²) in [5.74, 6) is -1.78. The standard InChI is InChI=1S/C15H13F2N3/c1-8-10(6-18)14-12(20-8)5-11(16)15(17)13(14)9-3-2-4-19-7-9/h3,5,19-20H,2,4,7H2,1H3. The lowest BCUT2D eigenvalue weighted by molar-refractivity contribution is 0.508. The van der Waals surface area contributed by atoms with Crippen LogP contribution in [0.15, 0.2) is 12.1 Å². The van der Waals surface area contributed by atoms with Crippen molar-refractivity contribution in [3.05, 3.63) is 40.6 Å². The average Bonchev–Trinajstić information content (AvgIpc) is 2.76. The number of nitriles is 1. The number of H-pyrrole nitrogens is 1. The molecule has 102 valence electrons. The highest BCUT2D eigenvalue weighted by molar-refractivity contribution is 5.98. The molecule has 1 aliphatic heterocycles. The largest absolute Gasteiger partial charge is 0.357 e. The Kier molecular flexibility index (Phi) is 3.03. The van der Waals surface area contributed by atoms with Gasteiger partial charge >= 0.3 is 0 Å². The molecule has 0 saturated heterocycles. The molecule has 0 spiro atoms. The lowest BCUT2D eigenvalue weighted by Gasteiger charge is -2.16. The third-order valence-electron chi connectivity index (χ3n) is 3.63. The molecule has 3 rings (SSSR count). The second kappa shape index (κ2) is 4.73. The summed E-state index contributed by atoms with van der Waals surface area (Å²) in [6, 6.07) is 3.19. The molecular weight excluding hydrogens is 260 g/mol. The molecule has 3 nitrogen and oxygen atoms in total. The summed E-state index contributed by atoms with van der Waals surface area (Å²) in [5, 5.41) is 12.9. The van der Waals surface area contributed by atoms with Crippen molar-refractivity contribution in [2.45, 2.75) is 13.3 Å². The van der Waals surface area contributed by atoms with Crippen LogP contribution in [0.3, 0.4) is 0 Å². The fraction of sp³-hybridized carbons (Fsp3) is 0.267. The molecule has 0 unspecified atom stereocenters. The van der Waals surface area contributed by atoms with Crippen LogP contribution in [0.2, 0.25) is 0 Å². The van der Waals surface area contributed by atoms with E-state index in [1.54, 1.807) is 6.92 Å². The van der Waals surface area contributed by atoms with Crippen molar-refractivity contribution in [3.63, 3.8) is 0 Å². The van der Waals surface area contributed by atoms with Gasteiger partial charge in [0.1, 0.15) is 6.07 Å². The molecule has 20 heavy (non-hydrogen) atoms. The van der Waals surface area contributed by atoms with Crippen LogP contribution in [-0.2, 0) is 0 Å². The highest BCUT2D eigenvalue weighted by Gasteiger charge is 2.22. The molecule has 2 N–H and O–H groups in total. The van der Waals surface area contributed by atoms with Gasteiger partial charge in [-0.3, -0.25) is 0 Å². The van der Waals surface area contributed by atoms with Gasteiger partial charge in [-0.2, -0.15) is 5.26 Å². The Morgan fingerprint density at radius 2 is 2.15 bits per heavy atom. The van der Waals surface area contributed by atoms with E-state index in [0.717, 1.165) is 19.0 Å². The molecule has 0 fully saturated rings. The van der Waals surface area contributed by atoms with Gasteiger partial charge in [0, 0.05) is 29.3 Å². The highest BCUT2D eigenvalue weighted by Crippen LogP contribution is 2.34. The van der Waals surface area contributed by atoms with Crippen LogP contribution in [-0.4, -0.2) is 18.1 Å². The minimum atomic E-state index is -0.898. The normalized spacial score (nSPS) is 15.2. The molecule has 1 aliphatic rings. The van der Waals surface area contributed by atoms with Crippen molar-refractivity contribution in [2.24, 2.45) is 0 Å². The van der Waals surface area contributed by atoms with Crippen molar-refractivity contribution >= 4 is 16.5 Å². The number of aryl methyl sites for hydroxylation is 1. The van der Waals surface area contributed by atoms with Gasteiger partial charge in [0.25, 0.3) is 0 Å². The van der Waals surface area contributed by atoms with Gasteiger partial charge in [-0.05, 0) is 25.5 Å². The van der Waals surface area contributed by atoms with E-state index >= 15 is 0 Å². The first-order valence-electron chi connectivity index (χ1n) is 6.44. The van der Waals surface area contributed by atoms with Crippen molar-refractivity contribution < 1.29 is 8.78 Å². The van der Waals surface area contributed by atoms with Gasteiger partial charge in [-0.1, -0.05) is 6.08 Å². The minimum Gasteiger partial charge on any atom is -0.357 e. The second-order valence-corrected chi connectivity index (χ2v) is 4.90. The van der Waals surface area contributed by atoms with Gasteiger partial charge in [0.15, 0.2) is 11.6 Å². The van der Waals surface area contributed by atoms with E-state index in [1.165, 1.54) is 0 Å². The van der Waals surface area contributed by atoms with Crippen LogP contribution in [0.1, 0.15) is 23.2 Å². The average molecular weight is 273 g/mol. The number of aromatic amines is 1. The molecular formula is C15H13F2N3. The third-order valence-corrected chi connectivity index (χ3v) is 3.63. The summed E-state index contributed by atoms with van der Waals surface area (Å²) in [4.78, 5) is 2.95. The van der Waals surface area contributed by atoms with Crippen molar-refractivity contribution in [3.8, 4) is 6.07 Å². The number of rotatable bonds is 1. The van der Waals surface area contributed by atoms with Crippen molar-refractivity contribution in [1.82, 2.24) is 10.3 Å². The predicted molar refractivity (Wildman–Crippen MR) is 73.1 cm³/mol. The zero-order valence-corrected chi connectivity index (χ0v) is 11.0. The molecule has 0 bridgehead atoms. The van der Waals surface area contributed by atoms with Gasteiger partial charge in [0.05, 0.1) is 11.1 Å². The van der Waals surface area contributed by atoms with E-state index < -0.39 is 11.6 Å². The lowest BCUT2D eigenvalue weighted by Crippen LogP contribution is -2.22. The highest BCUT2D eigenvalue weighted by atomic mass is 19.2. The lowest BCUT2D eigenvalue weighted by atomic mass is 9.95. The van der Waals surface area contributed by atoms with Crippen LogP contribution < -0.4 is 5.32 Å².